The first-order valence-electron chi connectivity index (χ1n) is 4.56. The third-order valence-corrected chi connectivity index (χ3v) is 3.44. The fourth-order valence-electron chi connectivity index (χ4n) is 1.92. The van der Waals surface area contributed by atoms with Crippen LogP contribution >= 0.6 is 11.8 Å². The minimum atomic E-state index is 0.569. The molecule has 0 aromatic rings. The van der Waals surface area contributed by atoms with Gasteiger partial charge in [0.25, 0.3) is 0 Å². The molecule has 2 aliphatic rings. The van der Waals surface area contributed by atoms with Crippen LogP contribution in [0.4, 0.5) is 0 Å². The highest BCUT2D eigenvalue weighted by atomic mass is 32.2. The maximum Gasteiger partial charge on any atom is 0.0338 e. The van der Waals surface area contributed by atoms with Crippen LogP contribution in [0.3, 0.4) is 0 Å². The van der Waals surface area contributed by atoms with Crippen LogP contribution in [0.2, 0.25) is 0 Å². The third kappa shape index (κ3) is 1.31. The van der Waals surface area contributed by atoms with Gasteiger partial charge in [0, 0.05) is 5.92 Å². The topological polar surface area (TPSA) is 0 Å². The molecular formula is C12H14S. The van der Waals surface area contributed by atoms with E-state index in [4.69, 9.17) is 0 Å². The Bertz CT molecular complexity index is 349. The second-order valence-electron chi connectivity index (χ2n) is 3.65. The van der Waals surface area contributed by atoms with Crippen LogP contribution in [-0.4, -0.2) is 6.26 Å². The number of hydrogen-bond donors (Lipinski definition) is 0. The Hall–Kier alpha value is -0.690. The number of thioether (sulfide) groups is 1. The van der Waals surface area contributed by atoms with Gasteiger partial charge in [-0.3, -0.25) is 0 Å². The van der Waals surface area contributed by atoms with E-state index in [0.29, 0.717) is 5.92 Å². The van der Waals surface area contributed by atoms with Crippen molar-refractivity contribution in [1.82, 2.24) is 0 Å². The van der Waals surface area contributed by atoms with Gasteiger partial charge in [0.2, 0.25) is 0 Å². The molecule has 1 unspecified atom stereocenters. The summed E-state index contributed by atoms with van der Waals surface area (Å²) in [5, 5.41) is 0. The lowest BCUT2D eigenvalue weighted by atomic mass is 10.0. The molecule has 0 aromatic heterocycles. The highest BCUT2D eigenvalue weighted by molar-refractivity contribution is 8.02. The maximum atomic E-state index is 2.33. The Morgan fingerprint density at radius 2 is 2.15 bits per heavy atom. The lowest BCUT2D eigenvalue weighted by molar-refractivity contribution is 1.03. The van der Waals surface area contributed by atoms with Gasteiger partial charge < -0.3 is 0 Å². The molecule has 1 heteroatoms. The van der Waals surface area contributed by atoms with Gasteiger partial charge in [0.15, 0.2) is 0 Å². The lowest BCUT2D eigenvalue weighted by Crippen LogP contribution is -1.93. The normalized spacial score (nSPS) is 24.5. The molecule has 2 aliphatic carbocycles. The van der Waals surface area contributed by atoms with Crippen LogP contribution in [0.25, 0.3) is 0 Å². The van der Waals surface area contributed by atoms with Gasteiger partial charge in [0.05, 0.1) is 0 Å². The molecule has 2 rings (SSSR count). The Kier molecular flexibility index (Phi) is 2.20. The summed E-state index contributed by atoms with van der Waals surface area (Å²) >= 11 is 1.86. The number of allylic oxidation sites excluding steroid dienone is 8. The van der Waals surface area contributed by atoms with Crippen molar-refractivity contribution in [3.8, 4) is 0 Å². The SMILES string of the molecule is CSC1=CC(=C(C)C)C2=CC=CC12. The first-order chi connectivity index (χ1) is 6.24. The molecule has 0 saturated carbocycles. The predicted octanol–water partition coefficient (Wildman–Crippen LogP) is 3.70. The van der Waals surface area contributed by atoms with Crippen LogP contribution in [0.5, 0.6) is 0 Å². The zero-order valence-electron chi connectivity index (χ0n) is 8.29. The highest BCUT2D eigenvalue weighted by Crippen LogP contribution is 2.44. The van der Waals surface area contributed by atoms with Crippen molar-refractivity contribution in [2.75, 3.05) is 6.26 Å². The fraction of sp³-hybridized carbons (Fsp3) is 0.333. The summed E-state index contributed by atoms with van der Waals surface area (Å²) in [5.74, 6) is 0.569. The monoisotopic (exact) mass is 190 g/mol. The van der Waals surface area contributed by atoms with Crippen molar-refractivity contribution in [2.45, 2.75) is 13.8 Å². The molecule has 0 fully saturated rings. The number of fused-ring (bicyclic) bond motifs is 1. The molecule has 0 radical (unpaired) electrons. The molecular weight excluding hydrogens is 176 g/mol. The van der Waals surface area contributed by atoms with E-state index in [1.54, 1.807) is 0 Å². The average molecular weight is 190 g/mol. The average Bonchev–Trinajstić information content (AvgIpc) is 2.61. The maximum absolute atomic E-state index is 2.33. The van der Waals surface area contributed by atoms with Crippen molar-refractivity contribution in [1.29, 1.82) is 0 Å². The second-order valence-corrected chi connectivity index (χ2v) is 4.53. The fourth-order valence-corrected chi connectivity index (χ4v) is 2.61. The van der Waals surface area contributed by atoms with Crippen molar-refractivity contribution in [2.24, 2.45) is 5.92 Å². The summed E-state index contributed by atoms with van der Waals surface area (Å²) in [4.78, 5) is 1.48. The molecule has 0 amide bonds. The number of hydrogen-bond acceptors (Lipinski definition) is 1. The molecule has 0 saturated heterocycles. The van der Waals surface area contributed by atoms with E-state index in [2.05, 4.69) is 44.4 Å². The van der Waals surface area contributed by atoms with Crippen LogP contribution in [0.1, 0.15) is 13.8 Å². The molecule has 1 atom stereocenters. The minimum Gasteiger partial charge on any atom is -0.133 e. The lowest BCUT2D eigenvalue weighted by Gasteiger charge is -2.07. The summed E-state index contributed by atoms with van der Waals surface area (Å²) in [6.07, 6.45) is 11.2. The van der Waals surface area contributed by atoms with Gasteiger partial charge in [-0.25, -0.2) is 0 Å². The van der Waals surface area contributed by atoms with Gasteiger partial charge in [-0.1, -0.05) is 23.8 Å². The van der Waals surface area contributed by atoms with Crippen LogP contribution < -0.4 is 0 Å². The summed E-state index contributed by atoms with van der Waals surface area (Å²) in [7, 11) is 0. The second kappa shape index (κ2) is 3.22. The van der Waals surface area contributed by atoms with E-state index in [-0.39, 0.29) is 0 Å². The summed E-state index contributed by atoms with van der Waals surface area (Å²) in [6, 6.07) is 0. The van der Waals surface area contributed by atoms with Crippen molar-refractivity contribution < 1.29 is 0 Å². The van der Waals surface area contributed by atoms with Crippen molar-refractivity contribution in [3.05, 3.63) is 45.9 Å². The molecule has 68 valence electrons. The van der Waals surface area contributed by atoms with Gasteiger partial charge in [-0.05, 0) is 42.2 Å². The quantitative estimate of drug-likeness (QED) is 0.607. The van der Waals surface area contributed by atoms with E-state index in [9.17, 15) is 0 Å². The minimum absolute atomic E-state index is 0.569. The molecule has 0 N–H and O–H groups in total. The smallest absolute Gasteiger partial charge is 0.0338 e. The zero-order valence-corrected chi connectivity index (χ0v) is 9.11. The Morgan fingerprint density at radius 3 is 2.77 bits per heavy atom. The van der Waals surface area contributed by atoms with Crippen molar-refractivity contribution >= 4 is 11.8 Å². The first-order valence-corrected chi connectivity index (χ1v) is 5.78. The van der Waals surface area contributed by atoms with Crippen molar-refractivity contribution in [3.63, 3.8) is 0 Å². The molecule has 0 heterocycles. The van der Waals surface area contributed by atoms with E-state index in [0.717, 1.165) is 0 Å². The molecule has 13 heavy (non-hydrogen) atoms. The highest BCUT2D eigenvalue weighted by Gasteiger charge is 2.27. The standard InChI is InChI=1S/C12H14S/c1-8(2)11-7-12(13-3)10-6-4-5-9(10)11/h4-7,10H,1-3H3. The van der Waals surface area contributed by atoms with E-state index in [1.807, 2.05) is 11.8 Å². The number of rotatable bonds is 1. The van der Waals surface area contributed by atoms with Gasteiger partial charge in [-0.15, -0.1) is 11.8 Å². The van der Waals surface area contributed by atoms with Crippen LogP contribution in [0.15, 0.2) is 45.9 Å². The molecule has 0 aromatic carbocycles. The van der Waals surface area contributed by atoms with Gasteiger partial charge in [0.1, 0.15) is 0 Å². The van der Waals surface area contributed by atoms with E-state index >= 15 is 0 Å². The summed E-state index contributed by atoms with van der Waals surface area (Å²) in [5.41, 5.74) is 4.35. The third-order valence-electron chi connectivity index (χ3n) is 2.59. The van der Waals surface area contributed by atoms with E-state index in [1.165, 1.54) is 21.6 Å². The molecule has 0 nitrogen and oxygen atoms in total. The van der Waals surface area contributed by atoms with Crippen LogP contribution in [0, 0.1) is 5.92 Å². The summed E-state index contributed by atoms with van der Waals surface area (Å²) < 4.78 is 0. The van der Waals surface area contributed by atoms with Gasteiger partial charge in [-0.2, -0.15) is 0 Å². The first kappa shape index (κ1) is 8.89. The Labute approximate surface area is 84.1 Å². The predicted molar refractivity (Wildman–Crippen MR) is 60.7 cm³/mol. The van der Waals surface area contributed by atoms with E-state index < -0.39 is 0 Å². The van der Waals surface area contributed by atoms with Crippen LogP contribution in [-0.2, 0) is 0 Å². The Morgan fingerprint density at radius 1 is 1.38 bits per heavy atom. The Balaban J connectivity index is 2.47. The zero-order chi connectivity index (χ0) is 9.42. The molecule has 0 aliphatic heterocycles. The largest absolute Gasteiger partial charge is 0.133 e. The molecule has 0 spiro atoms. The van der Waals surface area contributed by atoms with Gasteiger partial charge >= 0.3 is 0 Å². The molecule has 0 bridgehead atoms. The summed E-state index contributed by atoms with van der Waals surface area (Å²) in [6.45, 7) is 4.37.